The molecule has 2 aromatic rings. The Balaban J connectivity index is 1.64. The maximum absolute atomic E-state index is 13.1. The van der Waals surface area contributed by atoms with Crippen molar-refractivity contribution in [2.24, 2.45) is 5.41 Å². The monoisotopic (exact) mass is 424 g/mol. The number of carboxylic acids is 1. The summed E-state index contributed by atoms with van der Waals surface area (Å²) in [6.45, 7) is 4.04. The van der Waals surface area contributed by atoms with Crippen LogP contribution in [0.4, 0.5) is 10.5 Å². The molecule has 1 unspecified atom stereocenters. The summed E-state index contributed by atoms with van der Waals surface area (Å²) < 4.78 is 0. The Morgan fingerprint density at radius 2 is 1.87 bits per heavy atom. The number of carboxylic acid groups (broad SMARTS) is 1. The molecule has 3 amide bonds. The van der Waals surface area contributed by atoms with Gasteiger partial charge in [-0.15, -0.1) is 0 Å². The summed E-state index contributed by atoms with van der Waals surface area (Å²) in [5.74, 6) is -1.44. The molecule has 0 aliphatic carbocycles. The number of fused-ring (bicyclic) bond motifs is 1. The molecule has 1 saturated heterocycles. The number of aromatic carboxylic acids is 1. The molecule has 2 N–H and O–H groups in total. The highest BCUT2D eigenvalue weighted by atomic mass is 32.2. The van der Waals surface area contributed by atoms with Crippen LogP contribution in [0.15, 0.2) is 42.5 Å². The largest absolute Gasteiger partial charge is 0.478 e. The SMILES string of the molecule is CC1(C)Cc2ccc(C(=O)O)cc2N(Cc2ccc(C3SC(=O)NC3=O)cc2)C1=O. The second kappa shape index (κ2) is 7.28. The molecule has 0 spiro atoms. The summed E-state index contributed by atoms with van der Waals surface area (Å²) in [6, 6.07) is 12.1. The van der Waals surface area contributed by atoms with Crippen LogP contribution in [0.3, 0.4) is 0 Å². The lowest BCUT2D eigenvalue weighted by atomic mass is 9.79. The van der Waals surface area contributed by atoms with Crippen molar-refractivity contribution >= 4 is 40.5 Å². The third-order valence-electron chi connectivity index (χ3n) is 5.39. The molecule has 7 nitrogen and oxygen atoms in total. The van der Waals surface area contributed by atoms with Gasteiger partial charge >= 0.3 is 5.97 Å². The third-order valence-corrected chi connectivity index (χ3v) is 6.43. The van der Waals surface area contributed by atoms with Crippen molar-refractivity contribution in [3.05, 3.63) is 64.7 Å². The Labute approximate surface area is 177 Å². The normalized spacial score (nSPS) is 20.1. The van der Waals surface area contributed by atoms with E-state index in [4.69, 9.17) is 0 Å². The van der Waals surface area contributed by atoms with E-state index in [1.54, 1.807) is 35.2 Å². The second-order valence-electron chi connectivity index (χ2n) is 8.12. The summed E-state index contributed by atoms with van der Waals surface area (Å²) in [7, 11) is 0. The van der Waals surface area contributed by atoms with Gasteiger partial charge in [0.25, 0.3) is 5.24 Å². The highest BCUT2D eigenvalue weighted by Gasteiger charge is 2.39. The second-order valence-corrected chi connectivity index (χ2v) is 9.19. The standard InChI is InChI=1S/C22H20N2O5S/c1-22(2)10-15-8-7-14(19(26)27)9-16(15)24(20(22)28)11-12-3-5-13(6-4-12)17-18(25)23-21(29)30-17/h3-9,17H,10-11H2,1-2H3,(H,26,27)(H,23,25,29). The molecule has 154 valence electrons. The number of hydrogen-bond donors (Lipinski definition) is 2. The molecule has 8 heteroatoms. The average Bonchev–Trinajstić information content (AvgIpc) is 3.03. The Morgan fingerprint density at radius 3 is 2.47 bits per heavy atom. The number of rotatable bonds is 4. The fourth-order valence-corrected chi connectivity index (χ4v) is 4.67. The van der Waals surface area contributed by atoms with E-state index in [0.29, 0.717) is 17.7 Å². The van der Waals surface area contributed by atoms with Gasteiger partial charge in [-0.1, -0.05) is 44.2 Å². The van der Waals surface area contributed by atoms with Crippen molar-refractivity contribution in [1.82, 2.24) is 5.32 Å². The van der Waals surface area contributed by atoms with Gasteiger partial charge in [-0.3, -0.25) is 19.7 Å². The van der Waals surface area contributed by atoms with Crippen LogP contribution in [-0.4, -0.2) is 28.1 Å². The fraction of sp³-hybridized carbons (Fsp3) is 0.273. The minimum atomic E-state index is -1.04. The van der Waals surface area contributed by atoms with Gasteiger partial charge in [0.2, 0.25) is 11.8 Å². The Kier molecular flexibility index (Phi) is 4.89. The van der Waals surface area contributed by atoms with Gasteiger partial charge in [0.1, 0.15) is 5.25 Å². The molecule has 1 fully saturated rings. The number of hydrogen-bond acceptors (Lipinski definition) is 5. The van der Waals surface area contributed by atoms with Crippen molar-refractivity contribution in [3.8, 4) is 0 Å². The number of carbonyl (C=O) groups is 4. The lowest BCUT2D eigenvalue weighted by molar-refractivity contribution is -0.127. The summed E-state index contributed by atoms with van der Waals surface area (Å²) in [5.41, 5.74) is 2.63. The average molecular weight is 424 g/mol. The van der Waals surface area contributed by atoms with Crippen molar-refractivity contribution < 1.29 is 24.3 Å². The number of anilines is 1. The number of carbonyl (C=O) groups excluding carboxylic acids is 3. The molecule has 30 heavy (non-hydrogen) atoms. The minimum Gasteiger partial charge on any atom is -0.478 e. The first-order valence-corrected chi connectivity index (χ1v) is 10.3. The van der Waals surface area contributed by atoms with Gasteiger partial charge in [0.05, 0.1) is 12.1 Å². The number of imide groups is 1. The maximum Gasteiger partial charge on any atom is 0.335 e. The molecule has 2 heterocycles. The molecular formula is C22H20N2O5S. The lowest BCUT2D eigenvalue weighted by Gasteiger charge is -2.39. The van der Waals surface area contributed by atoms with Gasteiger partial charge in [0.15, 0.2) is 0 Å². The van der Waals surface area contributed by atoms with Crippen LogP contribution in [0.1, 0.15) is 46.1 Å². The van der Waals surface area contributed by atoms with Gasteiger partial charge in [-0.2, -0.15) is 0 Å². The molecule has 0 saturated carbocycles. The van der Waals surface area contributed by atoms with E-state index >= 15 is 0 Å². The van der Waals surface area contributed by atoms with Gasteiger partial charge in [0, 0.05) is 11.1 Å². The molecule has 2 aromatic carbocycles. The predicted molar refractivity (Wildman–Crippen MR) is 112 cm³/mol. The Hall–Kier alpha value is -3.13. The van der Waals surface area contributed by atoms with E-state index in [2.05, 4.69) is 5.32 Å². The van der Waals surface area contributed by atoms with Crippen LogP contribution in [-0.2, 0) is 22.6 Å². The lowest BCUT2D eigenvalue weighted by Crippen LogP contribution is -2.46. The predicted octanol–water partition coefficient (Wildman–Crippen LogP) is 3.52. The Morgan fingerprint density at radius 1 is 1.17 bits per heavy atom. The van der Waals surface area contributed by atoms with Crippen LogP contribution < -0.4 is 10.2 Å². The van der Waals surface area contributed by atoms with Crippen LogP contribution in [0.25, 0.3) is 0 Å². The highest BCUT2D eigenvalue weighted by Crippen LogP contribution is 2.39. The molecule has 1 atom stereocenters. The van der Waals surface area contributed by atoms with E-state index in [1.807, 2.05) is 26.0 Å². The van der Waals surface area contributed by atoms with Crippen molar-refractivity contribution in [3.63, 3.8) is 0 Å². The van der Waals surface area contributed by atoms with E-state index in [9.17, 15) is 24.3 Å². The first kappa shape index (κ1) is 20.2. The molecule has 4 rings (SSSR count). The molecule has 0 aromatic heterocycles. The molecule has 0 radical (unpaired) electrons. The summed E-state index contributed by atoms with van der Waals surface area (Å²) >= 11 is 0.944. The number of thioether (sulfide) groups is 1. The first-order valence-electron chi connectivity index (χ1n) is 9.44. The molecule has 0 bridgehead atoms. The van der Waals surface area contributed by atoms with E-state index in [1.165, 1.54) is 0 Å². The summed E-state index contributed by atoms with van der Waals surface area (Å²) in [5, 5.41) is 10.7. The number of nitrogens with zero attached hydrogens (tertiary/aromatic N) is 1. The van der Waals surface area contributed by atoms with Crippen LogP contribution in [0.5, 0.6) is 0 Å². The van der Waals surface area contributed by atoms with Crippen molar-refractivity contribution in [2.75, 3.05) is 4.90 Å². The van der Waals surface area contributed by atoms with E-state index in [-0.39, 0.29) is 29.2 Å². The zero-order chi connectivity index (χ0) is 21.6. The summed E-state index contributed by atoms with van der Waals surface area (Å²) in [4.78, 5) is 49.4. The molecular weight excluding hydrogens is 404 g/mol. The minimum absolute atomic E-state index is 0.0714. The number of nitrogens with one attached hydrogen (secondary N) is 1. The highest BCUT2D eigenvalue weighted by molar-refractivity contribution is 8.15. The Bertz CT molecular complexity index is 1080. The summed E-state index contributed by atoms with van der Waals surface area (Å²) in [6.07, 6.45) is 0.540. The first-order chi connectivity index (χ1) is 14.2. The fourth-order valence-electron chi connectivity index (χ4n) is 3.84. The van der Waals surface area contributed by atoms with Gasteiger partial charge < -0.3 is 10.0 Å². The van der Waals surface area contributed by atoms with Crippen molar-refractivity contribution in [2.45, 2.75) is 32.1 Å². The maximum atomic E-state index is 13.1. The number of amides is 3. The third kappa shape index (κ3) is 3.59. The molecule has 2 aliphatic heterocycles. The van der Waals surface area contributed by atoms with Gasteiger partial charge in [-0.05, 0) is 47.0 Å². The van der Waals surface area contributed by atoms with Crippen LogP contribution in [0, 0.1) is 5.41 Å². The van der Waals surface area contributed by atoms with Crippen LogP contribution in [0.2, 0.25) is 0 Å². The van der Waals surface area contributed by atoms with Gasteiger partial charge in [-0.25, -0.2) is 4.79 Å². The molecule has 2 aliphatic rings. The van der Waals surface area contributed by atoms with E-state index < -0.39 is 16.6 Å². The van der Waals surface area contributed by atoms with Crippen LogP contribution >= 0.6 is 11.8 Å². The van der Waals surface area contributed by atoms with Crippen molar-refractivity contribution in [1.29, 1.82) is 0 Å². The topological polar surface area (TPSA) is 104 Å². The van der Waals surface area contributed by atoms with E-state index in [0.717, 1.165) is 22.9 Å². The zero-order valence-corrected chi connectivity index (χ0v) is 17.3. The smallest absolute Gasteiger partial charge is 0.335 e. The quantitative estimate of drug-likeness (QED) is 0.778. The number of benzene rings is 2. The zero-order valence-electron chi connectivity index (χ0n) is 16.5.